The summed E-state index contributed by atoms with van der Waals surface area (Å²) in [6.07, 6.45) is 3.34. The summed E-state index contributed by atoms with van der Waals surface area (Å²) >= 11 is 0. The van der Waals surface area contributed by atoms with Crippen molar-refractivity contribution in [2.45, 2.75) is 37.1 Å². The molecule has 146 valence electrons. The van der Waals surface area contributed by atoms with E-state index in [-0.39, 0.29) is 16.8 Å². The first kappa shape index (κ1) is 20.7. The summed E-state index contributed by atoms with van der Waals surface area (Å²) in [5.74, 6) is -0.247. The molecule has 0 aliphatic carbocycles. The molecule has 1 unspecified atom stereocenters. The fourth-order valence-electron chi connectivity index (χ4n) is 2.92. The van der Waals surface area contributed by atoms with Crippen LogP contribution >= 0.6 is 0 Å². The number of nitrogens with zero attached hydrogens (tertiary/aromatic N) is 2. The van der Waals surface area contributed by atoms with Crippen LogP contribution in [0.3, 0.4) is 0 Å². The molecule has 0 aromatic heterocycles. The minimum atomic E-state index is -3.59. The van der Waals surface area contributed by atoms with Gasteiger partial charge in [-0.15, -0.1) is 0 Å². The summed E-state index contributed by atoms with van der Waals surface area (Å²) < 4.78 is 26.1. The number of nitrogens with one attached hydrogen (secondary N) is 2. The number of rotatable bonds is 7. The Hall–Kier alpha value is -1.64. The highest BCUT2D eigenvalue weighted by Crippen LogP contribution is 2.27. The summed E-state index contributed by atoms with van der Waals surface area (Å²) in [5, 5.41) is 5.97. The van der Waals surface area contributed by atoms with Crippen LogP contribution in [0.4, 0.5) is 5.69 Å². The number of sulfonamides is 1. The molecule has 1 aliphatic rings. The van der Waals surface area contributed by atoms with Crippen molar-refractivity contribution in [2.24, 2.45) is 0 Å². The number of hydrogen-bond acceptors (Lipinski definition) is 5. The van der Waals surface area contributed by atoms with Gasteiger partial charge in [0.25, 0.3) is 5.91 Å². The van der Waals surface area contributed by atoms with Crippen LogP contribution in [0.5, 0.6) is 0 Å². The van der Waals surface area contributed by atoms with Gasteiger partial charge < -0.3 is 15.5 Å². The fourth-order valence-corrected chi connectivity index (χ4v) is 3.85. The van der Waals surface area contributed by atoms with Crippen LogP contribution in [0.15, 0.2) is 23.1 Å². The molecule has 1 aromatic rings. The third kappa shape index (κ3) is 4.75. The number of anilines is 1. The van der Waals surface area contributed by atoms with Crippen molar-refractivity contribution < 1.29 is 13.2 Å². The summed E-state index contributed by atoms with van der Waals surface area (Å²) in [7, 11) is 1.22. The maximum atomic E-state index is 12.8. The first-order valence-corrected chi connectivity index (χ1v) is 10.5. The van der Waals surface area contributed by atoms with Crippen LogP contribution < -0.4 is 15.5 Å². The molecular formula is C18H30N4O3S. The normalized spacial score (nSPS) is 16.6. The molecule has 26 heavy (non-hydrogen) atoms. The Kier molecular flexibility index (Phi) is 7.02. The van der Waals surface area contributed by atoms with Crippen LogP contribution in [-0.4, -0.2) is 65.4 Å². The topological polar surface area (TPSA) is 81.7 Å². The highest BCUT2D eigenvalue weighted by atomic mass is 32.2. The zero-order valence-corrected chi connectivity index (χ0v) is 16.9. The average Bonchev–Trinajstić information content (AvgIpc) is 2.65. The van der Waals surface area contributed by atoms with Crippen molar-refractivity contribution >= 4 is 21.6 Å². The lowest BCUT2D eigenvalue weighted by molar-refractivity contribution is 0.0950. The van der Waals surface area contributed by atoms with E-state index in [9.17, 15) is 13.2 Å². The summed E-state index contributed by atoms with van der Waals surface area (Å²) in [6, 6.07) is 4.98. The zero-order valence-electron chi connectivity index (χ0n) is 16.1. The second kappa shape index (κ2) is 8.83. The standard InChI is InChI=1S/C18H30N4O3S/c1-14(19-2)13-20-18(23)16-12-15(26(24,25)21(3)4)8-9-17(16)22-10-6-5-7-11-22/h8-9,12,14,19H,5-7,10-11,13H2,1-4H3,(H,20,23). The molecule has 1 aliphatic heterocycles. The lowest BCUT2D eigenvalue weighted by Crippen LogP contribution is -2.38. The predicted octanol–water partition coefficient (Wildman–Crippen LogP) is 1.26. The highest BCUT2D eigenvalue weighted by Gasteiger charge is 2.24. The second-order valence-corrected chi connectivity index (χ2v) is 9.07. The van der Waals surface area contributed by atoms with Gasteiger partial charge in [-0.3, -0.25) is 4.79 Å². The summed E-state index contributed by atoms with van der Waals surface area (Å²) in [6.45, 7) is 4.21. The minimum Gasteiger partial charge on any atom is -0.371 e. The van der Waals surface area contributed by atoms with E-state index in [1.165, 1.54) is 26.6 Å². The molecule has 0 bridgehead atoms. The van der Waals surface area contributed by atoms with Crippen molar-refractivity contribution in [3.05, 3.63) is 23.8 Å². The van der Waals surface area contributed by atoms with Gasteiger partial charge in [-0.05, 0) is 51.4 Å². The van der Waals surface area contributed by atoms with E-state index in [4.69, 9.17) is 0 Å². The summed E-state index contributed by atoms with van der Waals surface area (Å²) in [5.41, 5.74) is 1.22. The molecule has 1 amide bonds. The second-order valence-electron chi connectivity index (χ2n) is 6.91. The molecular weight excluding hydrogens is 352 g/mol. The predicted molar refractivity (Wildman–Crippen MR) is 104 cm³/mol. The summed E-state index contributed by atoms with van der Waals surface area (Å²) in [4.78, 5) is 15.1. The Labute approximate surface area is 156 Å². The van der Waals surface area contributed by atoms with E-state index in [2.05, 4.69) is 15.5 Å². The maximum absolute atomic E-state index is 12.8. The Bertz CT molecular complexity index is 728. The molecule has 7 nitrogen and oxygen atoms in total. The van der Waals surface area contributed by atoms with Gasteiger partial charge in [-0.1, -0.05) is 0 Å². The van der Waals surface area contributed by atoms with Crippen molar-refractivity contribution in [3.8, 4) is 0 Å². The van der Waals surface area contributed by atoms with E-state index in [1.54, 1.807) is 12.1 Å². The number of likely N-dealkylation sites (N-methyl/N-ethyl adjacent to an activating group) is 1. The van der Waals surface area contributed by atoms with Gasteiger partial charge in [0.05, 0.1) is 10.5 Å². The molecule has 1 aromatic carbocycles. The van der Waals surface area contributed by atoms with Gasteiger partial charge in [0.15, 0.2) is 0 Å². The van der Waals surface area contributed by atoms with Gasteiger partial charge in [0, 0.05) is 45.5 Å². The molecule has 2 rings (SSSR count). The number of amides is 1. The van der Waals surface area contributed by atoms with Crippen molar-refractivity contribution in [3.63, 3.8) is 0 Å². The Morgan fingerprint density at radius 3 is 2.46 bits per heavy atom. The van der Waals surface area contributed by atoms with Crippen LogP contribution in [0.2, 0.25) is 0 Å². The van der Waals surface area contributed by atoms with Crippen molar-refractivity contribution in [2.75, 3.05) is 45.7 Å². The number of carbonyl (C=O) groups is 1. The lowest BCUT2D eigenvalue weighted by Gasteiger charge is -2.30. The number of benzene rings is 1. The Morgan fingerprint density at radius 2 is 1.88 bits per heavy atom. The van der Waals surface area contributed by atoms with Crippen LogP contribution in [-0.2, 0) is 10.0 Å². The average molecular weight is 383 g/mol. The van der Waals surface area contributed by atoms with E-state index in [1.807, 2.05) is 14.0 Å². The lowest BCUT2D eigenvalue weighted by atomic mass is 10.1. The molecule has 2 N–H and O–H groups in total. The molecule has 1 fully saturated rings. The maximum Gasteiger partial charge on any atom is 0.253 e. The van der Waals surface area contributed by atoms with Crippen molar-refractivity contribution in [1.29, 1.82) is 0 Å². The Balaban J connectivity index is 2.39. The SMILES string of the molecule is CNC(C)CNC(=O)c1cc(S(=O)(=O)N(C)C)ccc1N1CCCCC1. The molecule has 1 atom stereocenters. The van der Waals surface area contributed by atoms with Gasteiger partial charge >= 0.3 is 0 Å². The van der Waals surface area contributed by atoms with E-state index >= 15 is 0 Å². The molecule has 0 spiro atoms. The van der Waals surface area contributed by atoms with Gasteiger partial charge in [-0.2, -0.15) is 0 Å². The monoisotopic (exact) mass is 382 g/mol. The van der Waals surface area contributed by atoms with E-state index < -0.39 is 10.0 Å². The van der Waals surface area contributed by atoms with Gasteiger partial charge in [-0.25, -0.2) is 12.7 Å². The third-order valence-corrected chi connectivity index (χ3v) is 6.56. The smallest absolute Gasteiger partial charge is 0.253 e. The molecule has 8 heteroatoms. The highest BCUT2D eigenvalue weighted by molar-refractivity contribution is 7.89. The van der Waals surface area contributed by atoms with Crippen LogP contribution in [0.25, 0.3) is 0 Å². The number of hydrogen-bond donors (Lipinski definition) is 2. The molecule has 0 saturated carbocycles. The number of piperidine rings is 1. The van der Waals surface area contributed by atoms with Crippen molar-refractivity contribution in [1.82, 2.24) is 14.9 Å². The Morgan fingerprint density at radius 1 is 1.23 bits per heavy atom. The number of carbonyl (C=O) groups excluding carboxylic acids is 1. The third-order valence-electron chi connectivity index (χ3n) is 4.75. The van der Waals surface area contributed by atoms with Gasteiger partial charge in [0.2, 0.25) is 10.0 Å². The van der Waals surface area contributed by atoms with Crippen LogP contribution in [0, 0.1) is 0 Å². The quantitative estimate of drug-likeness (QED) is 0.742. The molecule has 1 saturated heterocycles. The molecule has 0 radical (unpaired) electrons. The fraction of sp³-hybridized carbons (Fsp3) is 0.611. The van der Waals surface area contributed by atoms with Gasteiger partial charge in [0.1, 0.15) is 0 Å². The van der Waals surface area contributed by atoms with E-state index in [0.29, 0.717) is 12.1 Å². The largest absolute Gasteiger partial charge is 0.371 e. The first-order chi connectivity index (χ1) is 12.3. The zero-order chi connectivity index (χ0) is 19.3. The first-order valence-electron chi connectivity index (χ1n) is 9.04. The molecule has 1 heterocycles. The van der Waals surface area contributed by atoms with E-state index in [0.717, 1.165) is 35.9 Å². The van der Waals surface area contributed by atoms with Crippen LogP contribution in [0.1, 0.15) is 36.5 Å². The minimum absolute atomic E-state index is 0.131.